The second-order valence-electron chi connectivity index (χ2n) is 4.59. The van der Waals surface area contributed by atoms with E-state index in [2.05, 4.69) is 39.9 Å². The van der Waals surface area contributed by atoms with Crippen molar-refractivity contribution < 1.29 is 4.74 Å². The first-order chi connectivity index (χ1) is 8.11. The lowest BCUT2D eigenvalue weighted by Crippen LogP contribution is -2.38. The van der Waals surface area contributed by atoms with Crippen molar-refractivity contribution in [2.24, 2.45) is 5.73 Å². The summed E-state index contributed by atoms with van der Waals surface area (Å²) in [5.74, 6) is 0. The van der Waals surface area contributed by atoms with Crippen LogP contribution in [0.3, 0.4) is 0 Å². The molecule has 0 amide bonds. The van der Waals surface area contributed by atoms with Crippen molar-refractivity contribution in [1.29, 1.82) is 0 Å². The fourth-order valence-corrected chi connectivity index (χ4v) is 4.13. The van der Waals surface area contributed by atoms with E-state index in [0.29, 0.717) is 12.1 Å². The first-order valence-electron chi connectivity index (χ1n) is 5.89. The summed E-state index contributed by atoms with van der Waals surface area (Å²) in [7, 11) is 1.79. The highest BCUT2D eigenvalue weighted by Gasteiger charge is 2.31. The fraction of sp³-hybridized carbons (Fsp3) is 0.667. The number of likely N-dealkylation sites (tertiary alicyclic amines) is 1. The molecule has 0 bridgehead atoms. The maximum atomic E-state index is 6.15. The summed E-state index contributed by atoms with van der Waals surface area (Å²) in [5.41, 5.74) is 6.15. The van der Waals surface area contributed by atoms with Crippen molar-refractivity contribution in [3.63, 3.8) is 0 Å². The van der Waals surface area contributed by atoms with Gasteiger partial charge in [-0.3, -0.25) is 4.90 Å². The Balaban J connectivity index is 2.13. The Bertz CT molecular complexity index is 369. The minimum absolute atomic E-state index is 0.135. The molecule has 0 aromatic carbocycles. The highest BCUT2D eigenvalue weighted by atomic mass is 79.9. The van der Waals surface area contributed by atoms with Gasteiger partial charge in [0.1, 0.15) is 0 Å². The molecule has 1 aromatic heterocycles. The predicted octanol–water partition coefficient (Wildman–Crippen LogP) is 2.62. The van der Waals surface area contributed by atoms with E-state index in [1.807, 2.05) is 0 Å². The van der Waals surface area contributed by atoms with Crippen LogP contribution in [-0.2, 0) is 4.74 Å². The van der Waals surface area contributed by atoms with E-state index in [-0.39, 0.29) is 6.04 Å². The van der Waals surface area contributed by atoms with Gasteiger partial charge in [0.2, 0.25) is 0 Å². The molecule has 17 heavy (non-hydrogen) atoms. The average Bonchev–Trinajstić information content (AvgIpc) is 2.88. The molecule has 1 aliphatic rings. The molecule has 1 aromatic rings. The third-order valence-electron chi connectivity index (χ3n) is 3.29. The van der Waals surface area contributed by atoms with Crippen molar-refractivity contribution in [2.45, 2.75) is 31.5 Å². The molecule has 0 spiro atoms. The van der Waals surface area contributed by atoms with Crippen LogP contribution < -0.4 is 5.73 Å². The number of methoxy groups -OCH3 is 1. The zero-order valence-corrected chi connectivity index (χ0v) is 12.6. The molecule has 3 unspecified atom stereocenters. The lowest BCUT2D eigenvalue weighted by Gasteiger charge is -2.30. The maximum Gasteiger partial charge on any atom is 0.0710 e. The number of hydrogen-bond acceptors (Lipinski definition) is 4. The second kappa shape index (κ2) is 5.80. The molecule has 2 N–H and O–H groups in total. The molecule has 3 atom stereocenters. The Kier molecular flexibility index (Phi) is 4.60. The lowest BCUT2D eigenvalue weighted by molar-refractivity contribution is 0.0986. The third-order valence-corrected chi connectivity index (χ3v) is 4.98. The van der Waals surface area contributed by atoms with Crippen LogP contribution >= 0.6 is 27.3 Å². The van der Waals surface area contributed by atoms with Crippen LogP contribution in [0.25, 0.3) is 0 Å². The van der Waals surface area contributed by atoms with Crippen molar-refractivity contribution in [2.75, 3.05) is 20.2 Å². The molecule has 1 saturated heterocycles. The van der Waals surface area contributed by atoms with Gasteiger partial charge in [-0.2, -0.15) is 0 Å². The second-order valence-corrected chi connectivity index (χ2v) is 7.08. The number of thiophene rings is 1. The molecule has 2 rings (SSSR count). The number of halogens is 1. The van der Waals surface area contributed by atoms with Crippen LogP contribution in [0.15, 0.2) is 15.9 Å². The third kappa shape index (κ3) is 3.09. The standard InChI is InChI=1S/C12H19BrN2OS/c1-8(14)12(10-3-4-11(13)17-10)15-6-5-9(7-15)16-2/h3-4,8-9,12H,5-7,14H2,1-2H3. The lowest BCUT2D eigenvalue weighted by atomic mass is 10.1. The van der Waals surface area contributed by atoms with E-state index in [9.17, 15) is 0 Å². The summed E-state index contributed by atoms with van der Waals surface area (Å²) in [6.45, 7) is 4.14. The molecule has 96 valence electrons. The first-order valence-corrected chi connectivity index (χ1v) is 7.50. The predicted molar refractivity (Wildman–Crippen MR) is 75.4 cm³/mol. The van der Waals surface area contributed by atoms with Crippen molar-refractivity contribution in [3.8, 4) is 0 Å². The highest BCUT2D eigenvalue weighted by molar-refractivity contribution is 9.11. The average molecular weight is 319 g/mol. The van der Waals surface area contributed by atoms with Crippen molar-refractivity contribution >= 4 is 27.3 Å². The van der Waals surface area contributed by atoms with Gasteiger partial charge in [0.05, 0.1) is 15.9 Å². The van der Waals surface area contributed by atoms with Gasteiger partial charge in [0.15, 0.2) is 0 Å². The Morgan fingerprint density at radius 2 is 2.35 bits per heavy atom. The van der Waals surface area contributed by atoms with Crippen LogP contribution in [0, 0.1) is 0 Å². The largest absolute Gasteiger partial charge is 0.380 e. The monoisotopic (exact) mass is 318 g/mol. The summed E-state index contributed by atoms with van der Waals surface area (Å²) in [6.07, 6.45) is 1.46. The zero-order valence-electron chi connectivity index (χ0n) is 10.2. The topological polar surface area (TPSA) is 38.5 Å². The Labute approximate surface area is 115 Å². The minimum Gasteiger partial charge on any atom is -0.380 e. The van der Waals surface area contributed by atoms with Crippen LogP contribution in [0.5, 0.6) is 0 Å². The first kappa shape index (κ1) is 13.5. The van der Waals surface area contributed by atoms with Gasteiger partial charge in [-0.25, -0.2) is 0 Å². The molecule has 0 saturated carbocycles. The molecule has 0 aliphatic carbocycles. The summed E-state index contributed by atoms with van der Waals surface area (Å²) < 4.78 is 6.59. The fourth-order valence-electron chi connectivity index (χ4n) is 2.46. The quantitative estimate of drug-likeness (QED) is 0.927. The van der Waals surface area contributed by atoms with E-state index < -0.39 is 0 Å². The van der Waals surface area contributed by atoms with E-state index in [4.69, 9.17) is 10.5 Å². The molecule has 2 heterocycles. The van der Waals surface area contributed by atoms with Crippen LogP contribution in [0.4, 0.5) is 0 Å². The van der Waals surface area contributed by atoms with E-state index in [1.54, 1.807) is 18.4 Å². The molecule has 0 radical (unpaired) electrons. The van der Waals surface area contributed by atoms with E-state index in [0.717, 1.165) is 19.5 Å². The molecule has 5 heteroatoms. The molecular weight excluding hydrogens is 300 g/mol. The molecule has 3 nitrogen and oxygen atoms in total. The maximum absolute atomic E-state index is 6.15. The van der Waals surface area contributed by atoms with Crippen molar-refractivity contribution in [3.05, 3.63) is 20.8 Å². The Morgan fingerprint density at radius 3 is 2.82 bits per heavy atom. The Hall–Kier alpha value is 0.0600. The van der Waals surface area contributed by atoms with Crippen molar-refractivity contribution in [1.82, 2.24) is 4.90 Å². The SMILES string of the molecule is COC1CCN(C(c2ccc(Br)s2)C(C)N)C1. The van der Waals surface area contributed by atoms with Gasteiger partial charge in [0, 0.05) is 31.1 Å². The zero-order chi connectivity index (χ0) is 12.4. The number of ether oxygens (including phenoxy) is 1. The van der Waals surface area contributed by atoms with Gasteiger partial charge >= 0.3 is 0 Å². The van der Waals surface area contributed by atoms with Gasteiger partial charge in [0.25, 0.3) is 0 Å². The number of nitrogens with two attached hydrogens (primary N) is 1. The summed E-state index contributed by atoms with van der Waals surface area (Å²) >= 11 is 5.29. The van der Waals surface area contributed by atoms with Crippen LogP contribution in [0.2, 0.25) is 0 Å². The van der Waals surface area contributed by atoms with Gasteiger partial charge in [-0.05, 0) is 41.4 Å². The summed E-state index contributed by atoms with van der Waals surface area (Å²) in [4.78, 5) is 3.78. The Morgan fingerprint density at radius 1 is 1.59 bits per heavy atom. The highest BCUT2D eigenvalue weighted by Crippen LogP contribution is 2.34. The van der Waals surface area contributed by atoms with Crippen LogP contribution in [-0.4, -0.2) is 37.2 Å². The smallest absolute Gasteiger partial charge is 0.0710 e. The van der Waals surface area contributed by atoms with Gasteiger partial charge < -0.3 is 10.5 Å². The van der Waals surface area contributed by atoms with Gasteiger partial charge in [-0.1, -0.05) is 0 Å². The molecule has 1 fully saturated rings. The normalized spacial score (nSPS) is 25.1. The molecular formula is C12H19BrN2OS. The minimum atomic E-state index is 0.135. The number of rotatable bonds is 4. The summed E-state index contributed by atoms with van der Waals surface area (Å²) in [5, 5.41) is 0. The summed E-state index contributed by atoms with van der Waals surface area (Å²) in [6, 6.07) is 4.71. The van der Waals surface area contributed by atoms with Crippen LogP contribution in [0.1, 0.15) is 24.3 Å². The van der Waals surface area contributed by atoms with E-state index in [1.165, 1.54) is 8.66 Å². The van der Waals surface area contributed by atoms with Gasteiger partial charge in [-0.15, -0.1) is 11.3 Å². The number of nitrogens with zero attached hydrogens (tertiary/aromatic N) is 1. The molecule has 1 aliphatic heterocycles. The number of hydrogen-bond donors (Lipinski definition) is 1. The van der Waals surface area contributed by atoms with E-state index >= 15 is 0 Å².